The number of benzene rings is 1. The minimum Gasteiger partial charge on any atom is -0.378 e. The molecule has 1 aliphatic carbocycles. The van der Waals surface area contributed by atoms with Gasteiger partial charge in [-0.05, 0) is 43.4 Å². The maximum Gasteiger partial charge on any atom is 0.255 e. The number of hydrogen-bond acceptors (Lipinski definition) is 2. The zero-order valence-corrected chi connectivity index (χ0v) is 15.2. The maximum atomic E-state index is 12.7. The summed E-state index contributed by atoms with van der Waals surface area (Å²) in [6, 6.07) is 3.51. The molecule has 0 saturated carbocycles. The zero-order valence-electron chi connectivity index (χ0n) is 13.7. The van der Waals surface area contributed by atoms with E-state index in [-0.39, 0.29) is 5.91 Å². The van der Waals surface area contributed by atoms with Crippen LogP contribution in [-0.2, 0) is 11.2 Å². The maximum absolute atomic E-state index is 12.7. The summed E-state index contributed by atoms with van der Waals surface area (Å²) in [5.41, 5.74) is 2.64. The lowest BCUT2D eigenvalue weighted by molar-refractivity contribution is 0.0303. The van der Waals surface area contributed by atoms with Crippen LogP contribution in [0.3, 0.4) is 0 Å². The third kappa shape index (κ3) is 3.85. The van der Waals surface area contributed by atoms with Crippen molar-refractivity contribution in [2.75, 3.05) is 26.3 Å². The van der Waals surface area contributed by atoms with Crippen molar-refractivity contribution in [2.45, 2.75) is 19.8 Å². The molecule has 1 atom stereocenters. The molecule has 3 nitrogen and oxygen atoms in total. The summed E-state index contributed by atoms with van der Waals surface area (Å²) in [5, 5.41) is 1.11. The number of carbonyl (C=O) groups is 1. The van der Waals surface area contributed by atoms with Gasteiger partial charge in [0.05, 0.1) is 23.8 Å². The molecule has 2 aliphatic rings. The highest BCUT2D eigenvalue weighted by Crippen LogP contribution is 2.33. The molecule has 0 aromatic heterocycles. The second-order valence-corrected chi connectivity index (χ2v) is 7.09. The third-order valence-electron chi connectivity index (χ3n) is 4.50. The van der Waals surface area contributed by atoms with Gasteiger partial charge in [0, 0.05) is 18.1 Å². The van der Waals surface area contributed by atoms with E-state index in [1.807, 2.05) is 0 Å². The first-order valence-corrected chi connectivity index (χ1v) is 9.00. The topological polar surface area (TPSA) is 29.5 Å². The van der Waals surface area contributed by atoms with Crippen molar-refractivity contribution in [3.8, 4) is 0 Å². The van der Waals surface area contributed by atoms with Gasteiger partial charge in [-0.2, -0.15) is 0 Å². The van der Waals surface area contributed by atoms with E-state index in [0.29, 0.717) is 47.8 Å². The van der Waals surface area contributed by atoms with Gasteiger partial charge in [-0.15, -0.1) is 0 Å². The predicted molar refractivity (Wildman–Crippen MR) is 97.9 cm³/mol. The summed E-state index contributed by atoms with van der Waals surface area (Å²) in [4.78, 5) is 14.5. The number of allylic oxidation sites excluding steroid dienone is 4. The van der Waals surface area contributed by atoms with E-state index in [0.717, 1.165) is 18.4 Å². The Morgan fingerprint density at radius 2 is 2.04 bits per heavy atom. The average Bonchev–Trinajstić information content (AvgIpc) is 2.59. The Morgan fingerprint density at radius 3 is 2.75 bits per heavy atom. The molecule has 0 radical (unpaired) electrons. The number of halogens is 2. The molecule has 3 rings (SSSR count). The van der Waals surface area contributed by atoms with E-state index in [4.69, 9.17) is 27.9 Å². The van der Waals surface area contributed by atoms with Gasteiger partial charge in [0.25, 0.3) is 5.91 Å². The summed E-state index contributed by atoms with van der Waals surface area (Å²) < 4.78 is 5.31. The van der Waals surface area contributed by atoms with Gasteiger partial charge in [0.2, 0.25) is 0 Å². The van der Waals surface area contributed by atoms with Crippen LogP contribution in [0.5, 0.6) is 0 Å². The van der Waals surface area contributed by atoms with E-state index in [2.05, 4.69) is 25.2 Å². The molecule has 1 aliphatic heterocycles. The quantitative estimate of drug-likeness (QED) is 0.787. The van der Waals surface area contributed by atoms with Gasteiger partial charge in [0.15, 0.2) is 0 Å². The van der Waals surface area contributed by atoms with Crippen LogP contribution >= 0.6 is 23.2 Å². The lowest BCUT2D eigenvalue weighted by Crippen LogP contribution is -2.40. The van der Waals surface area contributed by atoms with Crippen LogP contribution in [0.1, 0.15) is 29.3 Å². The lowest BCUT2D eigenvalue weighted by Gasteiger charge is -2.27. The van der Waals surface area contributed by atoms with Crippen molar-refractivity contribution >= 4 is 29.1 Å². The highest BCUT2D eigenvalue weighted by atomic mass is 35.5. The molecule has 1 aromatic carbocycles. The fraction of sp³-hybridized carbons (Fsp3) is 0.421. The van der Waals surface area contributed by atoms with Gasteiger partial charge in [-0.25, -0.2) is 0 Å². The van der Waals surface area contributed by atoms with Crippen molar-refractivity contribution in [1.29, 1.82) is 0 Å². The highest BCUT2D eigenvalue weighted by molar-refractivity contribution is 6.38. The Morgan fingerprint density at radius 1 is 1.29 bits per heavy atom. The number of morpholine rings is 1. The Balaban J connectivity index is 1.84. The van der Waals surface area contributed by atoms with Crippen LogP contribution in [0.2, 0.25) is 10.0 Å². The molecule has 128 valence electrons. The second kappa shape index (κ2) is 7.73. The molecule has 1 unspecified atom stereocenters. The fourth-order valence-electron chi connectivity index (χ4n) is 3.22. The Hall–Kier alpha value is -1.29. The predicted octanol–water partition coefficient (Wildman–Crippen LogP) is 4.53. The number of carbonyl (C=O) groups excluding carboxylic acids is 1. The SMILES string of the molecule is CC1=CC(Cc2c(Cl)ccc(C(=O)N3CCOCC3)c2Cl)CC=C1. The fourth-order valence-corrected chi connectivity index (χ4v) is 3.82. The normalized spacial score (nSPS) is 20.9. The van der Waals surface area contributed by atoms with Crippen LogP contribution in [0.4, 0.5) is 0 Å². The molecule has 0 spiro atoms. The number of amides is 1. The third-order valence-corrected chi connectivity index (χ3v) is 5.29. The molecular weight excluding hydrogens is 345 g/mol. The van der Waals surface area contributed by atoms with Crippen molar-refractivity contribution in [1.82, 2.24) is 4.90 Å². The summed E-state index contributed by atoms with van der Waals surface area (Å²) >= 11 is 13.0. The number of ether oxygens (including phenoxy) is 1. The molecule has 1 amide bonds. The summed E-state index contributed by atoms with van der Waals surface area (Å²) in [5.74, 6) is 0.315. The number of hydrogen-bond donors (Lipinski definition) is 0. The van der Waals surface area contributed by atoms with E-state index >= 15 is 0 Å². The van der Waals surface area contributed by atoms with Crippen molar-refractivity contribution in [3.05, 3.63) is 57.1 Å². The van der Waals surface area contributed by atoms with Gasteiger partial charge >= 0.3 is 0 Å². The smallest absolute Gasteiger partial charge is 0.255 e. The first-order chi connectivity index (χ1) is 11.6. The second-order valence-electron chi connectivity index (χ2n) is 6.31. The lowest BCUT2D eigenvalue weighted by atomic mass is 9.90. The summed E-state index contributed by atoms with van der Waals surface area (Å²) in [6.07, 6.45) is 8.24. The molecule has 0 bridgehead atoms. The minimum absolute atomic E-state index is 0.0449. The molecule has 5 heteroatoms. The van der Waals surface area contributed by atoms with Crippen LogP contribution in [0.15, 0.2) is 35.9 Å². The average molecular weight is 366 g/mol. The molecule has 1 heterocycles. The summed E-state index contributed by atoms with van der Waals surface area (Å²) in [6.45, 7) is 4.43. The van der Waals surface area contributed by atoms with Crippen LogP contribution in [0, 0.1) is 5.92 Å². The standard InChI is InChI=1S/C19H21Cl2NO2/c1-13-3-2-4-14(11-13)12-16-17(20)6-5-15(18(16)21)19(23)22-7-9-24-10-8-22/h2-3,5-6,11,14H,4,7-10,12H2,1H3. The highest BCUT2D eigenvalue weighted by Gasteiger charge is 2.24. The Kier molecular flexibility index (Phi) is 5.65. The van der Waals surface area contributed by atoms with Crippen molar-refractivity contribution < 1.29 is 9.53 Å². The van der Waals surface area contributed by atoms with Gasteiger partial charge < -0.3 is 9.64 Å². The minimum atomic E-state index is -0.0449. The van der Waals surface area contributed by atoms with Crippen LogP contribution < -0.4 is 0 Å². The van der Waals surface area contributed by atoms with Crippen LogP contribution in [-0.4, -0.2) is 37.1 Å². The molecular formula is C19H21Cl2NO2. The molecule has 0 N–H and O–H groups in total. The van der Waals surface area contributed by atoms with Crippen LogP contribution in [0.25, 0.3) is 0 Å². The largest absolute Gasteiger partial charge is 0.378 e. The molecule has 1 fully saturated rings. The van der Waals surface area contributed by atoms with E-state index < -0.39 is 0 Å². The summed E-state index contributed by atoms with van der Waals surface area (Å²) in [7, 11) is 0. The number of nitrogens with zero attached hydrogens (tertiary/aromatic N) is 1. The Labute approximate surface area is 152 Å². The molecule has 1 aromatic rings. The first-order valence-electron chi connectivity index (χ1n) is 8.25. The Bertz CT molecular complexity index is 691. The van der Waals surface area contributed by atoms with Gasteiger partial charge in [-0.3, -0.25) is 4.79 Å². The van der Waals surface area contributed by atoms with E-state index in [1.165, 1.54) is 5.57 Å². The first kappa shape index (κ1) is 17.5. The zero-order chi connectivity index (χ0) is 17.1. The number of rotatable bonds is 3. The monoisotopic (exact) mass is 365 g/mol. The van der Waals surface area contributed by atoms with Gasteiger partial charge in [-0.1, -0.05) is 47.0 Å². The van der Waals surface area contributed by atoms with Crippen molar-refractivity contribution in [2.24, 2.45) is 5.92 Å². The van der Waals surface area contributed by atoms with Crippen molar-refractivity contribution in [3.63, 3.8) is 0 Å². The van der Waals surface area contributed by atoms with Gasteiger partial charge in [0.1, 0.15) is 0 Å². The molecule has 1 saturated heterocycles. The molecule has 24 heavy (non-hydrogen) atoms. The van der Waals surface area contributed by atoms with E-state index in [9.17, 15) is 4.79 Å². The van der Waals surface area contributed by atoms with E-state index in [1.54, 1.807) is 17.0 Å².